The molecule has 1 unspecified atom stereocenters. The number of benzene rings is 1. The van der Waals surface area contributed by atoms with E-state index < -0.39 is 23.6 Å². The van der Waals surface area contributed by atoms with Gasteiger partial charge in [0.2, 0.25) is 0 Å². The van der Waals surface area contributed by atoms with E-state index in [-0.39, 0.29) is 18.7 Å². The monoisotopic (exact) mass is 302 g/mol. The zero-order valence-electron chi connectivity index (χ0n) is 11.6. The molecule has 0 amide bonds. The first-order valence-electron chi connectivity index (χ1n) is 6.51. The van der Waals surface area contributed by atoms with Crippen molar-refractivity contribution in [1.82, 2.24) is 5.32 Å². The summed E-state index contributed by atoms with van der Waals surface area (Å²) in [5, 5.41) is 21.2. The van der Waals surface area contributed by atoms with E-state index in [1.807, 2.05) is 6.92 Å². The maximum atomic E-state index is 12.9. The minimum atomic E-state index is -4.62. The Hall–Kier alpha value is -1.78. The molecule has 0 bridgehead atoms. The molecule has 0 saturated heterocycles. The number of ether oxygens (including phenoxy) is 1. The van der Waals surface area contributed by atoms with Crippen LogP contribution >= 0.6 is 0 Å². The molecule has 116 valence electrons. The highest BCUT2D eigenvalue weighted by Crippen LogP contribution is 2.36. The van der Waals surface area contributed by atoms with Gasteiger partial charge in [-0.15, -0.1) is 0 Å². The van der Waals surface area contributed by atoms with Crippen molar-refractivity contribution in [3.63, 3.8) is 0 Å². The molecule has 0 spiro atoms. The van der Waals surface area contributed by atoms with E-state index in [2.05, 4.69) is 5.32 Å². The predicted molar refractivity (Wildman–Crippen MR) is 70.8 cm³/mol. The number of aliphatic hydroxyl groups excluding tert-OH is 1. The van der Waals surface area contributed by atoms with Crippen LogP contribution in [0.1, 0.15) is 24.5 Å². The van der Waals surface area contributed by atoms with Gasteiger partial charge in [0.15, 0.2) is 0 Å². The number of hydrogen-bond donors (Lipinski definition) is 2. The molecule has 0 aliphatic rings. The fraction of sp³-hybridized carbons (Fsp3) is 0.500. The molecule has 7 heteroatoms. The maximum Gasteiger partial charge on any atom is 0.420 e. The van der Waals surface area contributed by atoms with Crippen molar-refractivity contribution < 1.29 is 23.0 Å². The second kappa shape index (κ2) is 7.86. The molecular weight excluding hydrogens is 285 g/mol. The van der Waals surface area contributed by atoms with Crippen LogP contribution in [0.4, 0.5) is 13.2 Å². The van der Waals surface area contributed by atoms with Gasteiger partial charge in [0.1, 0.15) is 18.5 Å². The Morgan fingerprint density at radius 2 is 2.14 bits per heavy atom. The number of alkyl halides is 3. The Balaban J connectivity index is 2.73. The standard InChI is InChI=1S/C14H17F3N2O2/c1-2-5-19-8-11(20)9-21-13-4-3-10(7-18)6-12(13)14(15,16)17/h3-4,6,11,19-20H,2,5,8-9H2,1H3. The number of nitrogens with one attached hydrogen (secondary N) is 1. The van der Waals surface area contributed by atoms with Crippen molar-refractivity contribution in [2.45, 2.75) is 25.6 Å². The molecule has 1 atom stereocenters. The van der Waals surface area contributed by atoms with Gasteiger partial charge in [-0.1, -0.05) is 6.92 Å². The number of aliphatic hydroxyl groups is 1. The van der Waals surface area contributed by atoms with Crippen LogP contribution in [0, 0.1) is 11.3 Å². The Labute approximate surface area is 121 Å². The number of halogens is 3. The van der Waals surface area contributed by atoms with Crippen LogP contribution in [0.25, 0.3) is 0 Å². The normalized spacial score (nSPS) is 12.8. The number of rotatable bonds is 7. The van der Waals surface area contributed by atoms with E-state index in [1.165, 1.54) is 6.07 Å². The van der Waals surface area contributed by atoms with Crippen molar-refractivity contribution in [1.29, 1.82) is 5.26 Å². The van der Waals surface area contributed by atoms with E-state index in [1.54, 1.807) is 6.07 Å². The third kappa shape index (κ3) is 5.61. The lowest BCUT2D eigenvalue weighted by atomic mass is 10.1. The lowest BCUT2D eigenvalue weighted by molar-refractivity contribution is -0.139. The Kier molecular flexibility index (Phi) is 6.46. The van der Waals surface area contributed by atoms with Crippen LogP contribution in [0.5, 0.6) is 5.75 Å². The Morgan fingerprint density at radius 3 is 2.71 bits per heavy atom. The van der Waals surface area contributed by atoms with Crippen LogP contribution in [0.3, 0.4) is 0 Å². The Bertz CT molecular complexity index is 498. The summed E-state index contributed by atoms with van der Waals surface area (Å²) in [7, 11) is 0. The number of nitriles is 1. The zero-order valence-corrected chi connectivity index (χ0v) is 11.6. The third-order valence-corrected chi connectivity index (χ3v) is 2.65. The molecule has 1 rings (SSSR count). The summed E-state index contributed by atoms with van der Waals surface area (Å²) in [5.41, 5.74) is -1.12. The van der Waals surface area contributed by atoms with Gasteiger partial charge >= 0.3 is 6.18 Å². The van der Waals surface area contributed by atoms with Crippen LogP contribution in [0.15, 0.2) is 18.2 Å². The molecule has 4 nitrogen and oxygen atoms in total. The molecule has 0 heterocycles. The number of nitrogens with zero attached hydrogens (tertiary/aromatic N) is 1. The predicted octanol–water partition coefficient (Wildman–Crippen LogP) is 2.32. The molecular formula is C14H17F3N2O2. The van der Waals surface area contributed by atoms with Crippen molar-refractivity contribution in [2.24, 2.45) is 0 Å². The quantitative estimate of drug-likeness (QED) is 0.759. The SMILES string of the molecule is CCCNCC(O)COc1ccc(C#N)cc1C(F)(F)F. The molecule has 0 fully saturated rings. The van der Waals surface area contributed by atoms with Gasteiger partial charge in [0.05, 0.1) is 17.2 Å². The highest BCUT2D eigenvalue weighted by atomic mass is 19.4. The van der Waals surface area contributed by atoms with Crippen molar-refractivity contribution in [3.8, 4) is 11.8 Å². The largest absolute Gasteiger partial charge is 0.490 e. The van der Waals surface area contributed by atoms with E-state index in [0.717, 1.165) is 18.6 Å². The van der Waals surface area contributed by atoms with Crippen molar-refractivity contribution in [2.75, 3.05) is 19.7 Å². The first kappa shape index (κ1) is 17.3. The zero-order chi connectivity index (χ0) is 15.9. The van der Waals surface area contributed by atoms with Gasteiger partial charge in [-0.05, 0) is 31.2 Å². The van der Waals surface area contributed by atoms with E-state index in [4.69, 9.17) is 10.00 Å². The minimum absolute atomic E-state index is 0.0974. The first-order chi connectivity index (χ1) is 9.88. The van der Waals surface area contributed by atoms with Gasteiger partial charge in [-0.25, -0.2) is 0 Å². The van der Waals surface area contributed by atoms with E-state index in [9.17, 15) is 18.3 Å². The van der Waals surface area contributed by atoms with Crippen LogP contribution in [-0.2, 0) is 6.18 Å². The summed E-state index contributed by atoms with van der Waals surface area (Å²) in [6.07, 6.45) is -4.64. The van der Waals surface area contributed by atoms with Crippen molar-refractivity contribution in [3.05, 3.63) is 29.3 Å². The third-order valence-electron chi connectivity index (χ3n) is 2.65. The fourth-order valence-corrected chi connectivity index (χ4v) is 1.64. The average Bonchev–Trinajstić information content (AvgIpc) is 2.44. The second-order valence-electron chi connectivity index (χ2n) is 4.49. The topological polar surface area (TPSA) is 65.3 Å². The molecule has 0 radical (unpaired) electrons. The highest BCUT2D eigenvalue weighted by molar-refractivity contribution is 5.43. The lowest BCUT2D eigenvalue weighted by Gasteiger charge is -2.17. The van der Waals surface area contributed by atoms with Crippen LogP contribution in [0.2, 0.25) is 0 Å². The van der Waals surface area contributed by atoms with Gasteiger partial charge in [0, 0.05) is 6.54 Å². The highest BCUT2D eigenvalue weighted by Gasteiger charge is 2.34. The summed E-state index contributed by atoms with van der Waals surface area (Å²) in [5.74, 6) is -0.393. The molecule has 0 aliphatic heterocycles. The lowest BCUT2D eigenvalue weighted by Crippen LogP contribution is -2.32. The van der Waals surface area contributed by atoms with Gasteiger partial charge < -0.3 is 15.2 Å². The van der Waals surface area contributed by atoms with Crippen molar-refractivity contribution >= 4 is 0 Å². The molecule has 0 saturated carbocycles. The second-order valence-corrected chi connectivity index (χ2v) is 4.49. The van der Waals surface area contributed by atoms with Gasteiger partial charge in [-0.2, -0.15) is 18.4 Å². The van der Waals surface area contributed by atoms with E-state index >= 15 is 0 Å². The Morgan fingerprint density at radius 1 is 1.43 bits per heavy atom. The van der Waals surface area contributed by atoms with Crippen LogP contribution < -0.4 is 10.1 Å². The molecule has 0 aliphatic carbocycles. The smallest absolute Gasteiger partial charge is 0.420 e. The number of hydrogen-bond acceptors (Lipinski definition) is 4. The van der Waals surface area contributed by atoms with Gasteiger partial charge in [-0.3, -0.25) is 0 Å². The molecule has 0 aromatic heterocycles. The van der Waals surface area contributed by atoms with E-state index in [0.29, 0.717) is 6.54 Å². The summed E-state index contributed by atoms with van der Waals surface area (Å²) in [6, 6.07) is 4.72. The molecule has 1 aromatic carbocycles. The van der Waals surface area contributed by atoms with Crippen LogP contribution in [-0.4, -0.2) is 30.9 Å². The maximum absolute atomic E-state index is 12.9. The fourth-order valence-electron chi connectivity index (χ4n) is 1.64. The summed E-state index contributed by atoms with van der Waals surface area (Å²) in [6.45, 7) is 2.65. The average molecular weight is 302 g/mol. The summed E-state index contributed by atoms with van der Waals surface area (Å²) >= 11 is 0. The van der Waals surface area contributed by atoms with Gasteiger partial charge in [0.25, 0.3) is 0 Å². The molecule has 1 aromatic rings. The summed E-state index contributed by atoms with van der Waals surface area (Å²) < 4.78 is 43.7. The summed E-state index contributed by atoms with van der Waals surface area (Å²) in [4.78, 5) is 0. The first-order valence-corrected chi connectivity index (χ1v) is 6.51. The molecule has 2 N–H and O–H groups in total. The minimum Gasteiger partial charge on any atom is -0.490 e. The molecule has 21 heavy (non-hydrogen) atoms.